The van der Waals surface area contributed by atoms with E-state index in [1.54, 1.807) is 7.11 Å². The summed E-state index contributed by atoms with van der Waals surface area (Å²) in [5, 5.41) is 3.43. The van der Waals surface area contributed by atoms with Gasteiger partial charge in [0.25, 0.3) is 0 Å². The van der Waals surface area contributed by atoms with Gasteiger partial charge in [-0.3, -0.25) is 0 Å². The van der Waals surface area contributed by atoms with Gasteiger partial charge < -0.3 is 14.8 Å². The molecule has 0 aliphatic carbocycles. The van der Waals surface area contributed by atoms with E-state index in [4.69, 9.17) is 9.47 Å². The van der Waals surface area contributed by atoms with Gasteiger partial charge in [-0.25, -0.2) is 0 Å². The van der Waals surface area contributed by atoms with E-state index in [1.165, 1.54) is 5.56 Å². The minimum atomic E-state index is 0.243. The van der Waals surface area contributed by atoms with Crippen molar-refractivity contribution < 1.29 is 9.47 Å². The van der Waals surface area contributed by atoms with Crippen LogP contribution < -0.4 is 10.1 Å². The summed E-state index contributed by atoms with van der Waals surface area (Å²) in [7, 11) is 1.73. The molecule has 0 fully saturated rings. The Hall–Kier alpha value is -1.06. The molecule has 0 bridgehead atoms. The Kier molecular flexibility index (Phi) is 7.53. The Balaban J connectivity index is 2.24. The van der Waals surface area contributed by atoms with Crippen molar-refractivity contribution in [1.29, 1.82) is 0 Å². The number of methoxy groups -OCH3 is 1. The van der Waals surface area contributed by atoms with Gasteiger partial charge in [-0.15, -0.1) is 0 Å². The number of hydrogen-bond acceptors (Lipinski definition) is 3. The number of hydrogen-bond donors (Lipinski definition) is 1. The minimum Gasteiger partial charge on any atom is -0.490 e. The standard InChI is InChI=1S/C16H27NO2/c1-13-7-5-6-8-16(13)19-15(3)10-9-14(2)17-11-12-18-4/h5-8,14-15,17H,9-12H2,1-4H3/t14-,15-/m1/s1. The van der Waals surface area contributed by atoms with E-state index in [9.17, 15) is 0 Å². The molecule has 0 aliphatic heterocycles. The third-order valence-electron chi connectivity index (χ3n) is 3.23. The monoisotopic (exact) mass is 265 g/mol. The van der Waals surface area contributed by atoms with Gasteiger partial charge in [-0.2, -0.15) is 0 Å². The predicted octanol–water partition coefficient (Wildman–Crippen LogP) is 3.17. The Labute approximate surface area is 117 Å². The van der Waals surface area contributed by atoms with Crippen LogP contribution in [0.5, 0.6) is 5.75 Å². The first-order chi connectivity index (χ1) is 9.13. The molecule has 0 saturated heterocycles. The molecule has 0 spiro atoms. The summed E-state index contributed by atoms with van der Waals surface area (Å²) < 4.78 is 11.0. The molecule has 3 nitrogen and oxygen atoms in total. The van der Waals surface area contributed by atoms with Crippen LogP contribution in [-0.4, -0.2) is 32.4 Å². The largest absolute Gasteiger partial charge is 0.490 e. The van der Waals surface area contributed by atoms with Crippen LogP contribution in [0.4, 0.5) is 0 Å². The fraction of sp³-hybridized carbons (Fsp3) is 0.625. The van der Waals surface area contributed by atoms with E-state index in [0.29, 0.717) is 6.04 Å². The van der Waals surface area contributed by atoms with Crippen molar-refractivity contribution in [3.63, 3.8) is 0 Å². The summed E-state index contributed by atoms with van der Waals surface area (Å²) in [5.74, 6) is 0.995. The molecule has 1 N–H and O–H groups in total. The Morgan fingerprint density at radius 1 is 1.16 bits per heavy atom. The highest BCUT2D eigenvalue weighted by Gasteiger charge is 2.08. The molecule has 2 atom stereocenters. The third-order valence-corrected chi connectivity index (χ3v) is 3.23. The van der Waals surface area contributed by atoms with Gasteiger partial charge in [0.15, 0.2) is 0 Å². The van der Waals surface area contributed by atoms with Crippen LogP contribution in [0.15, 0.2) is 24.3 Å². The lowest BCUT2D eigenvalue weighted by molar-refractivity contribution is 0.187. The van der Waals surface area contributed by atoms with Gasteiger partial charge in [0.2, 0.25) is 0 Å². The van der Waals surface area contributed by atoms with Crippen LogP contribution in [0.2, 0.25) is 0 Å². The Bertz CT molecular complexity index is 354. The first-order valence-electron chi connectivity index (χ1n) is 7.08. The van der Waals surface area contributed by atoms with Gasteiger partial charge in [-0.05, 0) is 45.2 Å². The highest BCUT2D eigenvalue weighted by Crippen LogP contribution is 2.19. The zero-order valence-electron chi connectivity index (χ0n) is 12.6. The minimum absolute atomic E-state index is 0.243. The zero-order chi connectivity index (χ0) is 14.1. The molecule has 1 aromatic carbocycles. The van der Waals surface area contributed by atoms with Crippen LogP contribution in [0.1, 0.15) is 32.3 Å². The molecule has 0 saturated carbocycles. The smallest absolute Gasteiger partial charge is 0.122 e. The van der Waals surface area contributed by atoms with Crippen molar-refractivity contribution in [3.8, 4) is 5.75 Å². The molecule has 0 amide bonds. The fourth-order valence-corrected chi connectivity index (χ4v) is 1.96. The average Bonchev–Trinajstić information content (AvgIpc) is 2.39. The number of aryl methyl sites for hydroxylation is 1. The van der Waals surface area contributed by atoms with Crippen LogP contribution in [-0.2, 0) is 4.74 Å². The number of rotatable bonds is 9. The Morgan fingerprint density at radius 2 is 1.89 bits per heavy atom. The summed E-state index contributed by atoms with van der Waals surface area (Å²) in [5.41, 5.74) is 1.20. The molecular formula is C16H27NO2. The summed E-state index contributed by atoms with van der Waals surface area (Å²) in [6.45, 7) is 8.09. The first kappa shape index (κ1) is 16.0. The molecular weight excluding hydrogens is 238 g/mol. The summed E-state index contributed by atoms with van der Waals surface area (Å²) in [6, 6.07) is 8.67. The van der Waals surface area contributed by atoms with Crippen LogP contribution in [0.3, 0.4) is 0 Å². The van der Waals surface area contributed by atoms with Crippen molar-refractivity contribution in [2.45, 2.75) is 45.8 Å². The number of benzene rings is 1. The van der Waals surface area contributed by atoms with Crippen LogP contribution in [0.25, 0.3) is 0 Å². The second kappa shape index (κ2) is 8.94. The zero-order valence-corrected chi connectivity index (χ0v) is 12.6. The summed E-state index contributed by atoms with van der Waals surface area (Å²) in [6.07, 6.45) is 2.40. The molecule has 0 heterocycles. The number of ether oxygens (including phenoxy) is 2. The van der Waals surface area contributed by atoms with Crippen LogP contribution >= 0.6 is 0 Å². The molecule has 1 rings (SSSR count). The van der Waals surface area contributed by atoms with E-state index in [1.807, 2.05) is 18.2 Å². The lowest BCUT2D eigenvalue weighted by atomic mass is 10.1. The van der Waals surface area contributed by atoms with Gasteiger partial charge in [0.05, 0.1) is 12.7 Å². The molecule has 3 heteroatoms. The molecule has 0 aromatic heterocycles. The second-order valence-electron chi connectivity index (χ2n) is 5.12. The van der Waals surface area contributed by atoms with Crippen molar-refractivity contribution in [1.82, 2.24) is 5.32 Å². The fourth-order valence-electron chi connectivity index (χ4n) is 1.96. The lowest BCUT2D eigenvalue weighted by Gasteiger charge is -2.19. The van der Waals surface area contributed by atoms with E-state index in [2.05, 4.69) is 32.2 Å². The maximum absolute atomic E-state index is 5.97. The quantitative estimate of drug-likeness (QED) is 0.696. The van der Waals surface area contributed by atoms with Crippen molar-refractivity contribution in [3.05, 3.63) is 29.8 Å². The second-order valence-corrected chi connectivity index (χ2v) is 5.12. The lowest BCUT2D eigenvalue weighted by Crippen LogP contribution is -2.30. The average molecular weight is 265 g/mol. The first-order valence-corrected chi connectivity index (χ1v) is 7.08. The normalized spacial score (nSPS) is 14.1. The van der Waals surface area contributed by atoms with Gasteiger partial charge >= 0.3 is 0 Å². The Morgan fingerprint density at radius 3 is 2.58 bits per heavy atom. The third kappa shape index (κ3) is 6.60. The SMILES string of the molecule is COCCN[C@H](C)CC[C@@H](C)Oc1ccccc1C. The molecule has 1 aromatic rings. The van der Waals surface area contributed by atoms with Gasteiger partial charge in [0.1, 0.15) is 5.75 Å². The van der Waals surface area contributed by atoms with Crippen molar-refractivity contribution >= 4 is 0 Å². The van der Waals surface area contributed by atoms with Crippen LogP contribution in [0, 0.1) is 6.92 Å². The molecule has 0 unspecified atom stereocenters. The molecule has 0 aliphatic rings. The molecule has 19 heavy (non-hydrogen) atoms. The van der Waals surface area contributed by atoms with Gasteiger partial charge in [-0.1, -0.05) is 18.2 Å². The van der Waals surface area contributed by atoms with Gasteiger partial charge in [0, 0.05) is 19.7 Å². The maximum atomic E-state index is 5.97. The van der Waals surface area contributed by atoms with E-state index < -0.39 is 0 Å². The molecule has 108 valence electrons. The van der Waals surface area contributed by atoms with Crippen molar-refractivity contribution in [2.24, 2.45) is 0 Å². The maximum Gasteiger partial charge on any atom is 0.122 e. The summed E-state index contributed by atoms with van der Waals surface area (Å²) in [4.78, 5) is 0. The van der Waals surface area contributed by atoms with E-state index in [0.717, 1.165) is 31.7 Å². The predicted molar refractivity (Wildman–Crippen MR) is 79.8 cm³/mol. The highest BCUT2D eigenvalue weighted by atomic mass is 16.5. The number of nitrogens with one attached hydrogen (secondary N) is 1. The van der Waals surface area contributed by atoms with E-state index in [-0.39, 0.29) is 6.10 Å². The van der Waals surface area contributed by atoms with E-state index >= 15 is 0 Å². The topological polar surface area (TPSA) is 30.5 Å². The molecule has 0 radical (unpaired) electrons. The van der Waals surface area contributed by atoms with Crippen molar-refractivity contribution in [2.75, 3.05) is 20.3 Å². The summed E-state index contributed by atoms with van der Waals surface area (Å²) >= 11 is 0. The number of para-hydroxylation sites is 1. The highest BCUT2D eigenvalue weighted by molar-refractivity contribution is 5.31.